The molecule has 1 aliphatic rings. The molecule has 1 heterocycles. The zero-order valence-corrected chi connectivity index (χ0v) is 16.2. The van der Waals surface area contributed by atoms with Gasteiger partial charge in [0.1, 0.15) is 12.2 Å². The SMILES string of the molecule is CC(COCCCNC(=O)OC(C)(C)C)OCC(=O)ON1C(=O)CCC1=O. The number of carbonyl (C=O) groups is 4. The molecule has 3 amide bonds. The molecule has 0 aromatic rings. The van der Waals surface area contributed by atoms with Crippen molar-refractivity contribution in [3.8, 4) is 0 Å². The third kappa shape index (κ3) is 9.90. The van der Waals surface area contributed by atoms with E-state index in [0.29, 0.717) is 24.6 Å². The highest BCUT2D eigenvalue weighted by Crippen LogP contribution is 2.12. The number of amides is 3. The van der Waals surface area contributed by atoms with Gasteiger partial charge in [0.15, 0.2) is 0 Å². The molecule has 1 atom stereocenters. The van der Waals surface area contributed by atoms with Crippen molar-refractivity contribution >= 4 is 23.9 Å². The Morgan fingerprint density at radius 1 is 1.19 bits per heavy atom. The predicted molar refractivity (Wildman–Crippen MR) is 92.3 cm³/mol. The highest BCUT2D eigenvalue weighted by atomic mass is 16.7. The first kappa shape index (κ1) is 22.8. The van der Waals surface area contributed by atoms with Crippen LogP contribution in [0.3, 0.4) is 0 Å². The maximum Gasteiger partial charge on any atom is 0.407 e. The van der Waals surface area contributed by atoms with E-state index in [1.165, 1.54) is 0 Å². The highest BCUT2D eigenvalue weighted by Gasteiger charge is 2.32. The fraction of sp³-hybridized carbons (Fsp3) is 0.765. The number of hydrogen-bond acceptors (Lipinski definition) is 8. The molecule has 154 valence electrons. The number of nitrogens with zero attached hydrogens (tertiary/aromatic N) is 1. The average molecular weight is 388 g/mol. The number of alkyl carbamates (subject to hydrolysis) is 1. The molecule has 27 heavy (non-hydrogen) atoms. The summed E-state index contributed by atoms with van der Waals surface area (Å²) < 4.78 is 15.7. The second kappa shape index (κ2) is 10.8. The van der Waals surface area contributed by atoms with Gasteiger partial charge < -0.3 is 24.4 Å². The minimum absolute atomic E-state index is 0.0417. The van der Waals surface area contributed by atoms with Crippen LogP contribution in [0.1, 0.15) is 47.0 Å². The lowest BCUT2D eigenvalue weighted by Gasteiger charge is -2.19. The topological polar surface area (TPSA) is 120 Å². The van der Waals surface area contributed by atoms with E-state index in [2.05, 4.69) is 10.2 Å². The summed E-state index contributed by atoms with van der Waals surface area (Å²) in [5.41, 5.74) is -0.538. The molecule has 10 nitrogen and oxygen atoms in total. The summed E-state index contributed by atoms with van der Waals surface area (Å²) in [5.74, 6) is -1.90. The molecular weight excluding hydrogens is 360 g/mol. The van der Waals surface area contributed by atoms with Gasteiger partial charge in [-0.15, -0.1) is 5.06 Å². The summed E-state index contributed by atoms with van der Waals surface area (Å²) in [6, 6.07) is 0. The van der Waals surface area contributed by atoms with E-state index in [4.69, 9.17) is 14.2 Å². The van der Waals surface area contributed by atoms with Crippen molar-refractivity contribution in [2.75, 3.05) is 26.4 Å². The van der Waals surface area contributed by atoms with Gasteiger partial charge in [-0.1, -0.05) is 0 Å². The third-order valence-corrected chi connectivity index (χ3v) is 3.17. The fourth-order valence-electron chi connectivity index (χ4n) is 1.97. The molecule has 1 N–H and O–H groups in total. The summed E-state index contributed by atoms with van der Waals surface area (Å²) in [5, 5.41) is 3.09. The largest absolute Gasteiger partial charge is 0.444 e. The van der Waals surface area contributed by atoms with Crippen LogP contribution in [0.25, 0.3) is 0 Å². The average Bonchev–Trinajstić information content (AvgIpc) is 2.86. The van der Waals surface area contributed by atoms with Crippen molar-refractivity contribution in [1.82, 2.24) is 10.4 Å². The van der Waals surface area contributed by atoms with Gasteiger partial charge in [0, 0.05) is 26.0 Å². The molecule has 1 fully saturated rings. The van der Waals surface area contributed by atoms with Crippen LogP contribution in [-0.4, -0.2) is 67.0 Å². The Labute approximate surface area is 158 Å². The summed E-state index contributed by atoms with van der Waals surface area (Å²) >= 11 is 0. The predicted octanol–water partition coefficient (Wildman–Crippen LogP) is 0.930. The van der Waals surface area contributed by atoms with Crippen LogP contribution >= 0.6 is 0 Å². The van der Waals surface area contributed by atoms with Gasteiger partial charge in [0.05, 0.1) is 12.7 Å². The van der Waals surface area contributed by atoms with Crippen LogP contribution in [0.2, 0.25) is 0 Å². The molecule has 0 aromatic carbocycles. The molecule has 1 saturated heterocycles. The van der Waals surface area contributed by atoms with Crippen LogP contribution in [0, 0.1) is 0 Å². The molecule has 1 unspecified atom stereocenters. The first-order valence-electron chi connectivity index (χ1n) is 8.81. The lowest BCUT2D eigenvalue weighted by atomic mass is 10.2. The van der Waals surface area contributed by atoms with Gasteiger partial charge in [-0.25, -0.2) is 9.59 Å². The number of hydroxylamine groups is 2. The maximum atomic E-state index is 11.6. The van der Waals surface area contributed by atoms with E-state index in [1.807, 2.05) is 0 Å². The van der Waals surface area contributed by atoms with Gasteiger partial charge in [-0.3, -0.25) is 9.59 Å². The monoisotopic (exact) mass is 388 g/mol. The Bertz CT molecular complexity index is 528. The Morgan fingerprint density at radius 3 is 2.41 bits per heavy atom. The van der Waals surface area contributed by atoms with Crippen molar-refractivity contribution < 1.29 is 38.2 Å². The highest BCUT2D eigenvalue weighted by molar-refractivity contribution is 6.01. The molecule has 0 saturated carbocycles. The summed E-state index contributed by atoms with van der Waals surface area (Å²) in [7, 11) is 0. The minimum atomic E-state index is -0.827. The number of rotatable bonds is 10. The first-order chi connectivity index (χ1) is 12.6. The molecule has 1 rings (SSSR count). The molecule has 0 spiro atoms. The van der Waals surface area contributed by atoms with E-state index in [0.717, 1.165) is 0 Å². The van der Waals surface area contributed by atoms with Crippen molar-refractivity contribution in [1.29, 1.82) is 0 Å². The summed E-state index contributed by atoms with van der Waals surface area (Å²) in [6.07, 6.45) is -0.193. The third-order valence-electron chi connectivity index (χ3n) is 3.17. The number of ether oxygens (including phenoxy) is 3. The van der Waals surface area contributed by atoms with Gasteiger partial charge in [0.2, 0.25) is 0 Å². The number of imide groups is 1. The van der Waals surface area contributed by atoms with Crippen LogP contribution < -0.4 is 5.32 Å². The van der Waals surface area contributed by atoms with Gasteiger partial charge in [0.25, 0.3) is 11.8 Å². The Morgan fingerprint density at radius 2 is 1.81 bits per heavy atom. The molecular formula is C17H28N2O8. The first-order valence-corrected chi connectivity index (χ1v) is 8.81. The zero-order chi connectivity index (χ0) is 20.4. The molecule has 10 heteroatoms. The number of nitrogens with one attached hydrogen (secondary N) is 1. The molecule has 0 bridgehead atoms. The molecule has 0 aromatic heterocycles. The standard InChI is InChI=1S/C17H28N2O8/c1-12(10-24-9-5-8-18-16(23)26-17(2,3)4)25-11-15(22)27-19-13(20)6-7-14(19)21/h12H,5-11H2,1-4H3,(H,18,23). The lowest BCUT2D eigenvalue weighted by molar-refractivity contribution is -0.201. The van der Waals surface area contributed by atoms with E-state index < -0.39 is 36.1 Å². The zero-order valence-electron chi connectivity index (χ0n) is 16.2. The Kier molecular flexibility index (Phi) is 9.16. The Hall–Kier alpha value is -2.20. The molecule has 1 aliphatic heterocycles. The van der Waals surface area contributed by atoms with Crippen LogP contribution in [0.4, 0.5) is 4.79 Å². The van der Waals surface area contributed by atoms with Crippen LogP contribution in [0.5, 0.6) is 0 Å². The van der Waals surface area contributed by atoms with Gasteiger partial charge in [-0.05, 0) is 34.1 Å². The summed E-state index contributed by atoms with van der Waals surface area (Å²) in [4.78, 5) is 50.4. The van der Waals surface area contributed by atoms with Crippen molar-refractivity contribution in [3.63, 3.8) is 0 Å². The Balaban J connectivity index is 2.05. The second-order valence-corrected chi connectivity index (χ2v) is 7.02. The second-order valence-electron chi connectivity index (χ2n) is 7.02. The van der Waals surface area contributed by atoms with Crippen molar-refractivity contribution in [2.24, 2.45) is 0 Å². The van der Waals surface area contributed by atoms with Crippen LogP contribution in [-0.2, 0) is 33.4 Å². The maximum absolute atomic E-state index is 11.6. The normalized spacial score (nSPS) is 15.6. The van der Waals surface area contributed by atoms with E-state index in [1.54, 1.807) is 27.7 Å². The van der Waals surface area contributed by atoms with E-state index in [-0.39, 0.29) is 25.6 Å². The fourth-order valence-corrected chi connectivity index (χ4v) is 1.97. The quantitative estimate of drug-likeness (QED) is 0.433. The minimum Gasteiger partial charge on any atom is -0.444 e. The van der Waals surface area contributed by atoms with Crippen molar-refractivity contribution in [2.45, 2.75) is 58.7 Å². The van der Waals surface area contributed by atoms with Gasteiger partial charge >= 0.3 is 12.1 Å². The molecule has 0 aliphatic carbocycles. The lowest BCUT2D eigenvalue weighted by Crippen LogP contribution is -2.34. The van der Waals surface area contributed by atoms with E-state index in [9.17, 15) is 19.2 Å². The summed E-state index contributed by atoms with van der Waals surface area (Å²) in [6.45, 7) is 7.70. The van der Waals surface area contributed by atoms with Gasteiger partial charge in [-0.2, -0.15) is 0 Å². The number of hydrogen-bond donors (Lipinski definition) is 1. The smallest absolute Gasteiger partial charge is 0.407 e. The molecule has 0 radical (unpaired) electrons. The van der Waals surface area contributed by atoms with E-state index >= 15 is 0 Å². The number of carbonyl (C=O) groups excluding carboxylic acids is 4. The van der Waals surface area contributed by atoms with Crippen LogP contribution in [0.15, 0.2) is 0 Å². The van der Waals surface area contributed by atoms with Crippen molar-refractivity contribution in [3.05, 3.63) is 0 Å².